The minimum atomic E-state index is -0.821. The van der Waals surface area contributed by atoms with Crippen molar-refractivity contribution in [2.45, 2.75) is 12.8 Å². The lowest BCUT2D eigenvalue weighted by atomic mass is 10.1. The van der Waals surface area contributed by atoms with Gasteiger partial charge in [-0.25, -0.2) is 0 Å². The summed E-state index contributed by atoms with van der Waals surface area (Å²) in [5.74, 6) is -0.905. The molecule has 2 rings (SSSR count). The summed E-state index contributed by atoms with van der Waals surface area (Å²) in [5, 5.41) is 9.78. The van der Waals surface area contributed by atoms with Gasteiger partial charge < -0.3 is 10.0 Å². The lowest BCUT2D eigenvalue weighted by Crippen LogP contribution is -2.27. The molecular weight excluding hydrogens is 313 g/mol. The number of amides is 1. The molecule has 1 aromatic carbocycles. The molecule has 0 aliphatic carbocycles. The number of rotatable bonds is 4. The van der Waals surface area contributed by atoms with Gasteiger partial charge in [0.1, 0.15) is 0 Å². The molecule has 0 saturated carbocycles. The second-order valence-corrected chi connectivity index (χ2v) is 5.95. The highest BCUT2D eigenvalue weighted by Gasteiger charge is 2.26. The number of carbonyl (C=O) groups excluding carboxylic acids is 1. The lowest BCUT2D eigenvalue weighted by Gasteiger charge is -2.13. The number of hydrogen-bond donors (Lipinski definition) is 1. The Balaban J connectivity index is 1.95. The number of nitrogens with zero attached hydrogens (tertiary/aromatic N) is 1. The van der Waals surface area contributed by atoms with Crippen molar-refractivity contribution in [1.82, 2.24) is 4.90 Å². The molecule has 0 spiro atoms. The van der Waals surface area contributed by atoms with E-state index < -0.39 is 5.97 Å². The van der Waals surface area contributed by atoms with Gasteiger partial charge in [-0.15, -0.1) is 0 Å². The normalized spacial score (nSPS) is 18.4. The molecule has 1 heterocycles. The van der Waals surface area contributed by atoms with Gasteiger partial charge >= 0.3 is 5.97 Å². The number of benzene rings is 1. The van der Waals surface area contributed by atoms with Gasteiger partial charge in [-0.2, -0.15) is 0 Å². The summed E-state index contributed by atoms with van der Waals surface area (Å²) in [6, 6.07) is 5.06. The van der Waals surface area contributed by atoms with Crippen molar-refractivity contribution in [2.24, 2.45) is 5.92 Å². The summed E-state index contributed by atoms with van der Waals surface area (Å²) < 4.78 is 0. The topological polar surface area (TPSA) is 57.6 Å². The smallest absolute Gasteiger partial charge is 0.303 e. The van der Waals surface area contributed by atoms with Crippen LogP contribution in [0.4, 0.5) is 0 Å². The Labute approximate surface area is 133 Å². The van der Waals surface area contributed by atoms with E-state index in [0.717, 1.165) is 12.0 Å². The highest BCUT2D eigenvalue weighted by atomic mass is 35.5. The van der Waals surface area contributed by atoms with Crippen LogP contribution < -0.4 is 0 Å². The molecule has 1 unspecified atom stereocenters. The first-order valence-corrected chi connectivity index (χ1v) is 7.34. The Bertz CT molecular complexity index is 566. The standard InChI is InChI=1S/C15H15Cl2NO3/c16-12-5-10(6-13(17)8-12)1-2-14(19)18-4-3-11(9-18)7-15(20)21/h1-2,5-6,8,11H,3-4,7,9H2,(H,20,21). The second-order valence-electron chi connectivity index (χ2n) is 5.07. The quantitative estimate of drug-likeness (QED) is 0.863. The third-order valence-corrected chi connectivity index (χ3v) is 3.80. The molecule has 1 aromatic rings. The Morgan fingerprint density at radius 2 is 1.95 bits per heavy atom. The molecule has 1 fully saturated rings. The van der Waals surface area contributed by atoms with Crippen LogP contribution in [0.5, 0.6) is 0 Å². The number of aliphatic carboxylic acids is 1. The molecule has 1 saturated heterocycles. The highest BCUT2D eigenvalue weighted by molar-refractivity contribution is 6.34. The molecule has 1 aliphatic heterocycles. The van der Waals surface area contributed by atoms with Crippen molar-refractivity contribution in [3.05, 3.63) is 39.9 Å². The minimum Gasteiger partial charge on any atom is -0.481 e. The van der Waals surface area contributed by atoms with E-state index in [4.69, 9.17) is 28.3 Å². The summed E-state index contributed by atoms with van der Waals surface area (Å²) in [7, 11) is 0. The molecule has 6 heteroatoms. The lowest BCUT2D eigenvalue weighted by molar-refractivity contribution is -0.138. The fourth-order valence-electron chi connectivity index (χ4n) is 2.39. The molecule has 0 bridgehead atoms. The van der Waals surface area contributed by atoms with Gasteiger partial charge in [0.15, 0.2) is 0 Å². The van der Waals surface area contributed by atoms with Gasteiger partial charge in [0.2, 0.25) is 5.91 Å². The van der Waals surface area contributed by atoms with Crippen molar-refractivity contribution in [2.75, 3.05) is 13.1 Å². The Hall–Kier alpha value is -1.52. The average Bonchev–Trinajstić information content (AvgIpc) is 2.82. The molecular formula is C15H15Cl2NO3. The van der Waals surface area contributed by atoms with Crippen LogP contribution in [0.3, 0.4) is 0 Å². The first-order chi connectivity index (χ1) is 9.94. The number of hydrogen-bond acceptors (Lipinski definition) is 2. The third-order valence-electron chi connectivity index (χ3n) is 3.36. The fraction of sp³-hybridized carbons (Fsp3) is 0.333. The van der Waals surface area contributed by atoms with Crippen LogP contribution >= 0.6 is 23.2 Å². The van der Waals surface area contributed by atoms with Gasteiger partial charge in [-0.05, 0) is 42.2 Å². The molecule has 21 heavy (non-hydrogen) atoms. The summed E-state index contributed by atoms with van der Waals surface area (Å²) in [6.45, 7) is 1.09. The highest BCUT2D eigenvalue weighted by Crippen LogP contribution is 2.21. The number of carboxylic acid groups (broad SMARTS) is 1. The number of halogens is 2. The maximum absolute atomic E-state index is 12.0. The number of carbonyl (C=O) groups is 2. The van der Waals surface area contributed by atoms with Gasteiger partial charge in [0, 0.05) is 35.6 Å². The first kappa shape index (κ1) is 15.9. The SMILES string of the molecule is O=C(O)CC1CCN(C(=O)C=Cc2cc(Cl)cc(Cl)c2)C1. The number of likely N-dealkylation sites (tertiary alicyclic amines) is 1. The third kappa shape index (κ3) is 4.76. The van der Waals surface area contributed by atoms with E-state index in [1.165, 1.54) is 6.08 Å². The van der Waals surface area contributed by atoms with Gasteiger partial charge in [0.05, 0.1) is 0 Å². The number of carboxylic acids is 1. The van der Waals surface area contributed by atoms with Crippen LogP contribution in [0.25, 0.3) is 6.08 Å². The monoisotopic (exact) mass is 327 g/mol. The van der Waals surface area contributed by atoms with Gasteiger partial charge in [0.25, 0.3) is 0 Å². The van der Waals surface area contributed by atoms with Gasteiger partial charge in [-0.3, -0.25) is 9.59 Å². The van der Waals surface area contributed by atoms with Crippen LogP contribution in [0.15, 0.2) is 24.3 Å². The van der Waals surface area contributed by atoms with Crippen molar-refractivity contribution in [3.63, 3.8) is 0 Å². The molecule has 0 radical (unpaired) electrons. The van der Waals surface area contributed by atoms with Crippen LogP contribution in [-0.2, 0) is 9.59 Å². The van der Waals surface area contributed by atoms with E-state index in [1.807, 2.05) is 0 Å². The zero-order valence-electron chi connectivity index (χ0n) is 11.3. The molecule has 0 aromatic heterocycles. The molecule has 1 N–H and O–H groups in total. The fourth-order valence-corrected chi connectivity index (χ4v) is 2.93. The van der Waals surface area contributed by atoms with Crippen LogP contribution in [0.1, 0.15) is 18.4 Å². The summed E-state index contributed by atoms with van der Waals surface area (Å²) >= 11 is 11.8. The van der Waals surface area contributed by atoms with Crippen LogP contribution in [0.2, 0.25) is 10.0 Å². The largest absolute Gasteiger partial charge is 0.481 e. The molecule has 112 valence electrons. The van der Waals surface area contributed by atoms with Gasteiger partial charge in [-0.1, -0.05) is 23.2 Å². The Morgan fingerprint density at radius 1 is 1.29 bits per heavy atom. The summed E-state index contributed by atoms with van der Waals surface area (Å²) in [4.78, 5) is 24.4. The Morgan fingerprint density at radius 3 is 2.57 bits per heavy atom. The molecule has 1 amide bonds. The predicted molar refractivity (Wildman–Crippen MR) is 82.4 cm³/mol. The zero-order valence-corrected chi connectivity index (χ0v) is 12.8. The summed E-state index contributed by atoms with van der Waals surface area (Å²) in [6.07, 6.45) is 3.96. The van der Waals surface area contributed by atoms with E-state index in [-0.39, 0.29) is 18.2 Å². The van der Waals surface area contributed by atoms with E-state index in [9.17, 15) is 9.59 Å². The minimum absolute atomic E-state index is 0.0421. The van der Waals surface area contributed by atoms with Crippen molar-refractivity contribution >= 4 is 41.2 Å². The van der Waals surface area contributed by atoms with E-state index in [1.54, 1.807) is 29.2 Å². The first-order valence-electron chi connectivity index (χ1n) is 6.59. The zero-order chi connectivity index (χ0) is 15.4. The van der Waals surface area contributed by atoms with Crippen LogP contribution in [-0.4, -0.2) is 35.0 Å². The maximum Gasteiger partial charge on any atom is 0.303 e. The molecule has 1 atom stereocenters. The Kier molecular flexibility index (Phi) is 5.26. The van der Waals surface area contributed by atoms with Crippen molar-refractivity contribution in [1.29, 1.82) is 0 Å². The van der Waals surface area contributed by atoms with Crippen molar-refractivity contribution in [3.8, 4) is 0 Å². The van der Waals surface area contributed by atoms with E-state index in [2.05, 4.69) is 0 Å². The summed E-state index contributed by atoms with van der Waals surface area (Å²) in [5.41, 5.74) is 0.752. The maximum atomic E-state index is 12.0. The van der Waals surface area contributed by atoms with E-state index in [0.29, 0.717) is 23.1 Å². The average molecular weight is 328 g/mol. The molecule has 1 aliphatic rings. The second kappa shape index (κ2) is 6.96. The predicted octanol–water partition coefficient (Wildman–Crippen LogP) is 3.33. The van der Waals surface area contributed by atoms with Crippen molar-refractivity contribution < 1.29 is 14.7 Å². The molecule has 4 nitrogen and oxygen atoms in total. The van der Waals surface area contributed by atoms with E-state index >= 15 is 0 Å². The van der Waals surface area contributed by atoms with Crippen LogP contribution in [0, 0.1) is 5.92 Å².